The number of ether oxygens (including phenoxy) is 2. The molecule has 5 rings (SSSR count). The first-order valence-corrected chi connectivity index (χ1v) is 20.1. The second-order valence-corrected chi connectivity index (χ2v) is 15.6. The van der Waals surface area contributed by atoms with Crippen LogP contribution in [0.4, 0.5) is 4.79 Å². The first kappa shape index (κ1) is 44.7. The van der Waals surface area contributed by atoms with Crippen LogP contribution in [0.1, 0.15) is 106 Å². The van der Waals surface area contributed by atoms with Gasteiger partial charge in [-0.2, -0.15) is 0 Å². The number of carbonyl (C=O) groups is 8. The van der Waals surface area contributed by atoms with Gasteiger partial charge in [0.2, 0.25) is 11.8 Å². The molecule has 0 fully saturated rings. The van der Waals surface area contributed by atoms with Crippen LogP contribution >= 0.6 is 0 Å². The molecule has 2 aliphatic heterocycles. The van der Waals surface area contributed by atoms with Crippen LogP contribution in [0.15, 0.2) is 78.9 Å². The van der Waals surface area contributed by atoms with Gasteiger partial charge in [-0.05, 0) is 82.7 Å². The molecule has 0 aliphatic carbocycles. The molecule has 2 heterocycles. The number of esters is 1. The molecule has 0 aromatic heterocycles. The van der Waals surface area contributed by atoms with Gasteiger partial charge in [0.25, 0.3) is 23.6 Å². The van der Waals surface area contributed by atoms with Gasteiger partial charge in [-0.25, -0.2) is 4.79 Å². The van der Waals surface area contributed by atoms with Gasteiger partial charge >= 0.3 is 12.1 Å². The summed E-state index contributed by atoms with van der Waals surface area (Å²) in [4.78, 5) is 109. The molecule has 4 N–H and O–H groups in total. The number of carbonyl (C=O) groups excluding carboxylic acids is 8. The predicted octanol–water partition coefficient (Wildman–Crippen LogP) is 3.83. The van der Waals surface area contributed by atoms with Crippen molar-refractivity contribution in [2.75, 3.05) is 32.7 Å². The minimum atomic E-state index is -1.11. The number of alkyl carbamates (subject to hydrolysis) is 1. The lowest BCUT2D eigenvalue weighted by atomic mass is 10.1. The fraction of sp³-hybridized carbons (Fsp3) is 0.409. The van der Waals surface area contributed by atoms with E-state index in [1.54, 1.807) is 69.3 Å². The smallest absolute Gasteiger partial charge is 0.407 e. The van der Waals surface area contributed by atoms with Gasteiger partial charge in [0.05, 0.1) is 22.3 Å². The Bertz CT molecular complexity index is 2010. The summed E-state index contributed by atoms with van der Waals surface area (Å²) in [6, 6.07) is 19.9. The van der Waals surface area contributed by atoms with Crippen LogP contribution in [0.5, 0.6) is 0 Å². The maximum Gasteiger partial charge on any atom is 0.407 e. The number of imide groups is 2. The van der Waals surface area contributed by atoms with Crippen LogP contribution in [0.25, 0.3) is 0 Å². The lowest BCUT2D eigenvalue weighted by Gasteiger charge is -2.30. The van der Waals surface area contributed by atoms with Crippen molar-refractivity contribution >= 4 is 47.5 Å². The van der Waals surface area contributed by atoms with Crippen molar-refractivity contribution in [1.29, 1.82) is 0 Å². The number of rotatable bonds is 20. The van der Waals surface area contributed by atoms with Crippen LogP contribution in [0.2, 0.25) is 0 Å². The Kier molecular flexibility index (Phi) is 15.3. The number of fused-ring (bicyclic) bond motifs is 2. The van der Waals surface area contributed by atoms with Gasteiger partial charge in [-0.3, -0.25) is 43.4 Å². The van der Waals surface area contributed by atoms with Gasteiger partial charge in [0, 0.05) is 39.1 Å². The molecular weight excluding hydrogens is 773 g/mol. The lowest BCUT2D eigenvalue weighted by Crippen LogP contribution is -2.51. The molecule has 16 heteroatoms. The first-order valence-electron chi connectivity index (χ1n) is 20.1. The van der Waals surface area contributed by atoms with E-state index in [1.807, 2.05) is 30.3 Å². The second-order valence-electron chi connectivity index (χ2n) is 15.6. The Morgan fingerprint density at radius 2 is 1.23 bits per heavy atom. The minimum absolute atomic E-state index is 0.000106. The Morgan fingerprint density at radius 1 is 0.700 bits per heavy atom. The van der Waals surface area contributed by atoms with E-state index in [9.17, 15) is 38.4 Å². The number of nitrogens with one attached hydrogen (secondary N) is 2. The van der Waals surface area contributed by atoms with Crippen LogP contribution < -0.4 is 16.4 Å². The summed E-state index contributed by atoms with van der Waals surface area (Å²) < 4.78 is 10.6. The SMILES string of the molecule is CC(C)(C)OC(=O)C(N)CCC(=O)NC(CCCCNC(=O)OCc1ccccc1)C(=O)N(CCCN1C(=O)c2ccccc2C1=O)CCN1C(=O)c2ccccc2C1=O. The molecular formula is C44H52N6O10. The molecule has 2 atom stereocenters. The molecule has 7 amide bonds. The van der Waals surface area contributed by atoms with Gasteiger partial charge in [-0.1, -0.05) is 54.6 Å². The van der Waals surface area contributed by atoms with E-state index < -0.39 is 65.2 Å². The number of nitrogens with zero attached hydrogens (tertiary/aromatic N) is 3. The summed E-state index contributed by atoms with van der Waals surface area (Å²) in [5.41, 5.74) is 7.14. The Hall–Kier alpha value is -6.42. The number of hydrogen-bond donors (Lipinski definition) is 3. The quantitative estimate of drug-likeness (QED) is 0.0846. The average molecular weight is 825 g/mol. The summed E-state index contributed by atoms with van der Waals surface area (Å²) in [7, 11) is 0. The van der Waals surface area contributed by atoms with Crippen molar-refractivity contribution in [2.45, 2.75) is 83.6 Å². The summed E-state index contributed by atoms with van der Waals surface area (Å²) in [6.45, 7) is 5.11. The number of nitrogens with two attached hydrogens (primary N) is 1. The third-order valence-corrected chi connectivity index (χ3v) is 9.90. The van der Waals surface area contributed by atoms with Crippen molar-refractivity contribution in [2.24, 2.45) is 5.73 Å². The predicted molar refractivity (Wildman–Crippen MR) is 218 cm³/mol. The van der Waals surface area contributed by atoms with E-state index in [0.717, 1.165) is 15.4 Å². The molecule has 2 unspecified atom stereocenters. The van der Waals surface area contributed by atoms with Crippen LogP contribution in [-0.2, 0) is 30.5 Å². The number of unbranched alkanes of at least 4 members (excludes halogenated alkanes) is 1. The van der Waals surface area contributed by atoms with E-state index in [2.05, 4.69) is 10.6 Å². The number of benzene rings is 3. The molecule has 0 spiro atoms. The zero-order chi connectivity index (χ0) is 43.4. The average Bonchev–Trinajstić information content (AvgIpc) is 3.62. The topological polar surface area (TPSA) is 215 Å². The van der Waals surface area contributed by atoms with Gasteiger partial charge < -0.3 is 30.7 Å². The largest absolute Gasteiger partial charge is 0.459 e. The van der Waals surface area contributed by atoms with Crippen LogP contribution in [-0.4, -0.2) is 113 Å². The Balaban J connectivity index is 1.27. The zero-order valence-electron chi connectivity index (χ0n) is 34.1. The van der Waals surface area contributed by atoms with E-state index >= 15 is 0 Å². The molecule has 318 valence electrons. The fourth-order valence-electron chi connectivity index (χ4n) is 6.82. The molecule has 0 radical (unpaired) electrons. The third-order valence-electron chi connectivity index (χ3n) is 9.90. The highest BCUT2D eigenvalue weighted by atomic mass is 16.6. The van der Waals surface area contributed by atoms with Crippen molar-refractivity contribution in [3.8, 4) is 0 Å². The normalized spacial score (nSPS) is 14.3. The van der Waals surface area contributed by atoms with Crippen molar-refractivity contribution in [3.05, 3.63) is 107 Å². The van der Waals surface area contributed by atoms with Gasteiger partial charge in [-0.15, -0.1) is 0 Å². The molecule has 3 aromatic rings. The van der Waals surface area contributed by atoms with Crippen molar-refractivity contribution < 1.29 is 47.8 Å². The Labute approximate surface area is 348 Å². The molecule has 0 saturated heterocycles. The van der Waals surface area contributed by atoms with E-state index in [0.29, 0.717) is 12.8 Å². The number of hydrogen-bond acceptors (Lipinski definition) is 11. The molecule has 3 aromatic carbocycles. The van der Waals surface area contributed by atoms with Gasteiger partial charge in [0.1, 0.15) is 24.3 Å². The van der Waals surface area contributed by atoms with E-state index in [1.165, 1.54) is 4.90 Å². The molecule has 0 saturated carbocycles. The van der Waals surface area contributed by atoms with Crippen LogP contribution in [0.3, 0.4) is 0 Å². The highest BCUT2D eigenvalue weighted by molar-refractivity contribution is 6.22. The summed E-state index contributed by atoms with van der Waals surface area (Å²) in [5.74, 6) is -3.67. The number of amides is 7. The highest BCUT2D eigenvalue weighted by Gasteiger charge is 2.37. The minimum Gasteiger partial charge on any atom is -0.459 e. The summed E-state index contributed by atoms with van der Waals surface area (Å²) in [6.07, 6.45) is 0.199. The van der Waals surface area contributed by atoms with E-state index in [-0.39, 0.29) is 87.3 Å². The third kappa shape index (κ3) is 11.8. The summed E-state index contributed by atoms with van der Waals surface area (Å²) >= 11 is 0. The van der Waals surface area contributed by atoms with Crippen molar-refractivity contribution in [1.82, 2.24) is 25.3 Å². The van der Waals surface area contributed by atoms with Gasteiger partial charge in [0.15, 0.2) is 0 Å². The van der Waals surface area contributed by atoms with Crippen LogP contribution in [0, 0.1) is 0 Å². The zero-order valence-corrected chi connectivity index (χ0v) is 34.1. The standard InChI is InChI=1S/C44H52N6O10/c1-44(2,3)60-42(57)34(45)21-22-36(51)47-35(20-11-12-23-46-43(58)59-28-29-14-5-4-6-15-29)41(56)48(26-27-50-39(54)32-18-9-10-19-33(32)40(50)55)24-13-25-49-37(52)30-16-7-8-17-31(30)38(49)53/h4-10,14-19,34-35H,11-13,20-28,45H2,1-3H3,(H,46,58)(H,47,51). The molecule has 16 nitrogen and oxygen atoms in total. The molecule has 0 bridgehead atoms. The van der Waals surface area contributed by atoms with Crippen molar-refractivity contribution in [3.63, 3.8) is 0 Å². The second kappa shape index (κ2) is 20.5. The highest BCUT2D eigenvalue weighted by Crippen LogP contribution is 2.24. The Morgan fingerprint density at radius 3 is 1.78 bits per heavy atom. The summed E-state index contributed by atoms with van der Waals surface area (Å²) in [5, 5.41) is 5.46. The monoisotopic (exact) mass is 824 g/mol. The maximum atomic E-state index is 14.5. The molecule has 2 aliphatic rings. The maximum absolute atomic E-state index is 14.5. The fourth-order valence-corrected chi connectivity index (χ4v) is 6.82. The van der Waals surface area contributed by atoms with E-state index in [4.69, 9.17) is 15.2 Å². The lowest BCUT2D eigenvalue weighted by molar-refractivity contribution is -0.156. The first-order chi connectivity index (χ1) is 28.6. The molecule has 60 heavy (non-hydrogen) atoms.